The molecule has 2 heterocycles. The topological polar surface area (TPSA) is 56.5 Å². The van der Waals surface area contributed by atoms with Gasteiger partial charge in [-0.2, -0.15) is 9.50 Å². The number of nitrogens with zero attached hydrogens (tertiary/aromatic N) is 3. The first-order valence-electron chi connectivity index (χ1n) is 9.54. The molecule has 0 saturated heterocycles. The Morgan fingerprint density at radius 3 is 2.55 bits per heavy atom. The molecular formula is C22H20ClN3O2S. The van der Waals surface area contributed by atoms with Crippen molar-refractivity contribution >= 4 is 34.0 Å². The summed E-state index contributed by atoms with van der Waals surface area (Å²) in [4.78, 5) is 17.8. The van der Waals surface area contributed by atoms with Gasteiger partial charge in [-0.05, 0) is 54.5 Å². The van der Waals surface area contributed by atoms with Crippen LogP contribution in [0.3, 0.4) is 0 Å². The second-order valence-electron chi connectivity index (χ2n) is 6.68. The minimum absolute atomic E-state index is 0.169. The Morgan fingerprint density at radius 1 is 1.10 bits per heavy atom. The highest BCUT2D eigenvalue weighted by Crippen LogP contribution is 2.19. The van der Waals surface area contributed by atoms with Crippen LogP contribution in [0.2, 0.25) is 5.02 Å². The van der Waals surface area contributed by atoms with Gasteiger partial charge in [0.1, 0.15) is 5.75 Å². The largest absolute Gasteiger partial charge is 0.494 e. The van der Waals surface area contributed by atoms with Crippen LogP contribution in [0.1, 0.15) is 31.7 Å². The van der Waals surface area contributed by atoms with Gasteiger partial charge in [-0.3, -0.25) is 4.79 Å². The van der Waals surface area contributed by atoms with Gasteiger partial charge in [0.2, 0.25) is 4.96 Å². The molecule has 0 aliphatic heterocycles. The van der Waals surface area contributed by atoms with Crippen molar-refractivity contribution < 1.29 is 4.74 Å². The van der Waals surface area contributed by atoms with E-state index in [1.165, 1.54) is 28.7 Å². The Hall–Kier alpha value is -2.70. The van der Waals surface area contributed by atoms with Crippen LogP contribution in [-0.4, -0.2) is 21.2 Å². The summed E-state index contributed by atoms with van der Waals surface area (Å²) >= 11 is 7.25. The van der Waals surface area contributed by atoms with E-state index < -0.39 is 0 Å². The number of rotatable bonds is 7. The maximum absolute atomic E-state index is 12.7. The summed E-state index contributed by atoms with van der Waals surface area (Å²) in [6.45, 7) is 2.90. The molecule has 0 bridgehead atoms. The van der Waals surface area contributed by atoms with Gasteiger partial charge in [-0.25, -0.2) is 0 Å². The lowest BCUT2D eigenvalue weighted by molar-refractivity contribution is 0.306. The fraction of sp³-hybridized carbons (Fsp3) is 0.227. The average molecular weight is 426 g/mol. The number of hydrogen-bond acceptors (Lipinski definition) is 5. The van der Waals surface area contributed by atoms with E-state index >= 15 is 0 Å². The quantitative estimate of drug-likeness (QED) is 0.406. The lowest BCUT2D eigenvalue weighted by Gasteiger charge is -2.05. The van der Waals surface area contributed by atoms with Crippen LogP contribution in [0.15, 0.2) is 53.3 Å². The van der Waals surface area contributed by atoms with Gasteiger partial charge in [0.25, 0.3) is 5.56 Å². The molecule has 7 heteroatoms. The minimum atomic E-state index is -0.169. The average Bonchev–Trinajstić information content (AvgIpc) is 3.27. The van der Waals surface area contributed by atoms with Gasteiger partial charge >= 0.3 is 0 Å². The summed E-state index contributed by atoms with van der Waals surface area (Å²) in [6.07, 6.45) is 5.26. The zero-order chi connectivity index (χ0) is 20.2. The number of thiazole rings is 1. The molecule has 0 saturated carbocycles. The van der Waals surface area contributed by atoms with Crippen molar-refractivity contribution in [1.82, 2.24) is 14.6 Å². The number of ether oxygens (including phenoxy) is 1. The maximum atomic E-state index is 12.7. The highest BCUT2D eigenvalue weighted by Gasteiger charge is 2.12. The SMILES string of the molecule is CCCCCOc1ccc(/C=c2/sc3nc(-c4ccc(Cl)cc4)nn3c2=O)cc1. The molecule has 29 heavy (non-hydrogen) atoms. The predicted molar refractivity (Wildman–Crippen MR) is 118 cm³/mol. The van der Waals surface area contributed by atoms with Gasteiger partial charge < -0.3 is 4.74 Å². The molecule has 5 nitrogen and oxygen atoms in total. The predicted octanol–water partition coefficient (Wildman–Crippen LogP) is 4.59. The molecule has 0 atom stereocenters. The van der Waals surface area contributed by atoms with Crippen molar-refractivity contribution in [2.75, 3.05) is 6.61 Å². The number of unbranched alkanes of at least 4 members (excludes halogenated alkanes) is 2. The Bertz CT molecular complexity index is 1210. The summed E-state index contributed by atoms with van der Waals surface area (Å²) in [6, 6.07) is 15.0. The first-order chi connectivity index (χ1) is 14.1. The molecule has 0 fully saturated rings. The van der Waals surface area contributed by atoms with Crippen LogP contribution in [0.5, 0.6) is 5.75 Å². The van der Waals surface area contributed by atoms with E-state index in [1.54, 1.807) is 12.1 Å². The number of fused-ring (bicyclic) bond motifs is 1. The first-order valence-corrected chi connectivity index (χ1v) is 10.7. The summed E-state index contributed by atoms with van der Waals surface area (Å²) in [5.41, 5.74) is 1.59. The van der Waals surface area contributed by atoms with Crippen molar-refractivity contribution in [2.45, 2.75) is 26.2 Å². The van der Waals surface area contributed by atoms with Crippen molar-refractivity contribution in [3.63, 3.8) is 0 Å². The molecule has 0 radical (unpaired) electrons. The van der Waals surface area contributed by atoms with E-state index in [0.29, 0.717) is 20.3 Å². The number of benzene rings is 2. The summed E-state index contributed by atoms with van der Waals surface area (Å²) in [7, 11) is 0. The molecular weight excluding hydrogens is 406 g/mol. The monoisotopic (exact) mass is 425 g/mol. The summed E-state index contributed by atoms with van der Waals surface area (Å²) in [5.74, 6) is 1.36. The van der Waals surface area contributed by atoms with Gasteiger partial charge in [-0.1, -0.05) is 54.8 Å². The molecule has 0 amide bonds. The Labute approximate surface area is 177 Å². The smallest absolute Gasteiger partial charge is 0.291 e. The highest BCUT2D eigenvalue weighted by molar-refractivity contribution is 7.15. The van der Waals surface area contributed by atoms with Crippen LogP contribution in [0, 0.1) is 0 Å². The van der Waals surface area contributed by atoms with Crippen LogP contribution in [0.4, 0.5) is 0 Å². The second-order valence-corrected chi connectivity index (χ2v) is 8.12. The van der Waals surface area contributed by atoms with Gasteiger partial charge in [0.05, 0.1) is 11.1 Å². The minimum Gasteiger partial charge on any atom is -0.494 e. The van der Waals surface area contributed by atoms with Crippen LogP contribution in [-0.2, 0) is 0 Å². The van der Waals surface area contributed by atoms with E-state index in [0.717, 1.165) is 29.9 Å². The molecule has 2 aromatic heterocycles. The maximum Gasteiger partial charge on any atom is 0.291 e. The molecule has 2 aromatic carbocycles. The fourth-order valence-electron chi connectivity index (χ4n) is 2.91. The van der Waals surface area contributed by atoms with Crippen molar-refractivity contribution in [3.05, 3.63) is 74.0 Å². The Morgan fingerprint density at radius 2 is 1.86 bits per heavy atom. The summed E-state index contributed by atoms with van der Waals surface area (Å²) < 4.78 is 7.68. The second kappa shape index (κ2) is 8.76. The normalized spacial score (nSPS) is 12.0. The van der Waals surface area contributed by atoms with Gasteiger partial charge in [0.15, 0.2) is 5.82 Å². The van der Waals surface area contributed by atoms with Crippen molar-refractivity contribution in [1.29, 1.82) is 0 Å². The number of halogens is 1. The molecule has 0 aliphatic rings. The molecule has 0 spiro atoms. The van der Waals surface area contributed by atoms with Gasteiger partial charge in [-0.15, -0.1) is 5.10 Å². The Balaban J connectivity index is 1.55. The van der Waals surface area contributed by atoms with E-state index in [-0.39, 0.29) is 5.56 Å². The van der Waals surface area contributed by atoms with Crippen LogP contribution < -0.4 is 14.8 Å². The van der Waals surface area contributed by atoms with E-state index in [2.05, 4.69) is 17.0 Å². The standard InChI is InChI=1S/C22H20ClN3O2S/c1-2-3-4-13-28-18-11-5-15(6-12-18)14-19-21(27)26-22(29-19)24-20(25-26)16-7-9-17(23)10-8-16/h5-12,14H,2-4,13H2,1H3/b19-14+. The first kappa shape index (κ1) is 19.6. The molecule has 0 aliphatic carbocycles. The lowest BCUT2D eigenvalue weighted by atomic mass is 10.2. The van der Waals surface area contributed by atoms with E-state index in [4.69, 9.17) is 16.3 Å². The third kappa shape index (κ3) is 4.49. The third-order valence-electron chi connectivity index (χ3n) is 4.48. The van der Waals surface area contributed by atoms with Crippen molar-refractivity contribution in [3.8, 4) is 17.1 Å². The number of aromatic nitrogens is 3. The highest BCUT2D eigenvalue weighted by atomic mass is 35.5. The zero-order valence-electron chi connectivity index (χ0n) is 16.0. The molecule has 148 valence electrons. The molecule has 0 unspecified atom stereocenters. The van der Waals surface area contributed by atoms with Crippen molar-refractivity contribution in [2.24, 2.45) is 0 Å². The lowest BCUT2D eigenvalue weighted by Crippen LogP contribution is -2.23. The van der Waals surface area contributed by atoms with Crippen LogP contribution in [0.25, 0.3) is 22.4 Å². The summed E-state index contributed by atoms with van der Waals surface area (Å²) in [5, 5.41) is 5.00. The molecule has 4 rings (SSSR count). The zero-order valence-corrected chi connectivity index (χ0v) is 17.5. The third-order valence-corrected chi connectivity index (χ3v) is 5.69. The molecule has 4 aromatic rings. The van der Waals surface area contributed by atoms with E-state index in [1.807, 2.05) is 42.5 Å². The van der Waals surface area contributed by atoms with Crippen LogP contribution >= 0.6 is 22.9 Å². The van der Waals surface area contributed by atoms with Gasteiger partial charge in [0, 0.05) is 10.6 Å². The van der Waals surface area contributed by atoms with E-state index in [9.17, 15) is 4.79 Å². The fourth-order valence-corrected chi connectivity index (χ4v) is 3.94. The number of hydrogen-bond donors (Lipinski definition) is 0. The Kier molecular flexibility index (Phi) is 5.92. The molecule has 0 N–H and O–H groups in total.